The number of fused-ring (bicyclic) bond motifs is 1. The summed E-state index contributed by atoms with van der Waals surface area (Å²) >= 11 is 0. The van der Waals surface area contributed by atoms with E-state index in [4.69, 9.17) is 9.47 Å². The first kappa shape index (κ1) is 16.3. The molecule has 24 heavy (non-hydrogen) atoms. The Morgan fingerprint density at radius 1 is 1.04 bits per heavy atom. The molecule has 0 fully saturated rings. The Kier molecular flexibility index (Phi) is 5.33. The van der Waals surface area contributed by atoms with Gasteiger partial charge in [0.1, 0.15) is 23.9 Å². The van der Waals surface area contributed by atoms with Crippen LogP contribution in [0, 0.1) is 0 Å². The van der Waals surface area contributed by atoms with Crippen molar-refractivity contribution in [2.45, 2.75) is 26.0 Å². The minimum absolute atomic E-state index is 0.0466. The van der Waals surface area contributed by atoms with Gasteiger partial charge in [-0.05, 0) is 37.1 Å². The van der Waals surface area contributed by atoms with Crippen LogP contribution in [0.2, 0.25) is 0 Å². The van der Waals surface area contributed by atoms with E-state index in [1.165, 1.54) is 0 Å². The van der Waals surface area contributed by atoms with Crippen LogP contribution in [0.5, 0.6) is 11.5 Å². The Morgan fingerprint density at radius 3 is 2.71 bits per heavy atom. The number of hydrogen-bond acceptors (Lipinski definition) is 4. The minimum atomic E-state index is -0.0466. The third-order valence-electron chi connectivity index (χ3n) is 3.96. The largest absolute Gasteiger partial charge is 0.497 e. The summed E-state index contributed by atoms with van der Waals surface area (Å²) in [6, 6.07) is 15.6. The highest BCUT2D eigenvalue weighted by Crippen LogP contribution is 2.20. The molecule has 0 amide bonds. The molecule has 0 aliphatic carbocycles. The van der Waals surface area contributed by atoms with Gasteiger partial charge in [0.15, 0.2) is 0 Å². The van der Waals surface area contributed by atoms with Crippen molar-refractivity contribution in [3.63, 3.8) is 0 Å². The highest BCUT2D eigenvalue weighted by atomic mass is 16.5. The Bertz CT molecular complexity index is 798. The molecular weight excluding hydrogens is 304 g/mol. The molecular formula is C19H22N2O3. The van der Waals surface area contributed by atoms with E-state index in [2.05, 4.69) is 9.55 Å². The normalized spacial score (nSPS) is 10.9. The number of ether oxygens (including phenoxy) is 2. The van der Waals surface area contributed by atoms with Crippen LogP contribution >= 0.6 is 0 Å². The summed E-state index contributed by atoms with van der Waals surface area (Å²) in [6.07, 6.45) is 1.88. The lowest BCUT2D eigenvalue weighted by atomic mass is 10.3. The van der Waals surface area contributed by atoms with Crippen LogP contribution in [0.15, 0.2) is 48.5 Å². The molecule has 0 bridgehead atoms. The molecule has 0 radical (unpaired) electrons. The molecule has 1 heterocycles. The van der Waals surface area contributed by atoms with E-state index in [0.29, 0.717) is 12.4 Å². The Balaban J connectivity index is 1.53. The molecule has 5 nitrogen and oxygen atoms in total. The molecule has 0 atom stereocenters. The quantitative estimate of drug-likeness (QED) is 0.645. The maximum Gasteiger partial charge on any atom is 0.135 e. The number of rotatable bonds is 8. The lowest BCUT2D eigenvalue weighted by Gasteiger charge is -2.09. The summed E-state index contributed by atoms with van der Waals surface area (Å²) in [6.45, 7) is 1.42. The second-order valence-corrected chi connectivity index (χ2v) is 5.56. The van der Waals surface area contributed by atoms with Crippen molar-refractivity contribution in [1.82, 2.24) is 9.55 Å². The molecule has 3 aromatic rings. The molecule has 0 spiro atoms. The van der Waals surface area contributed by atoms with Crippen LogP contribution in [-0.2, 0) is 13.2 Å². The van der Waals surface area contributed by atoms with Gasteiger partial charge in [-0.25, -0.2) is 4.98 Å². The first-order valence-corrected chi connectivity index (χ1v) is 8.13. The van der Waals surface area contributed by atoms with Crippen molar-refractivity contribution in [2.75, 3.05) is 13.7 Å². The van der Waals surface area contributed by atoms with E-state index in [1.54, 1.807) is 7.11 Å². The van der Waals surface area contributed by atoms with Crippen molar-refractivity contribution in [2.24, 2.45) is 0 Å². The predicted octanol–water partition coefficient (Wildman–Crippen LogP) is 3.40. The summed E-state index contributed by atoms with van der Waals surface area (Å²) in [5, 5.41) is 9.50. The number of para-hydroxylation sites is 2. The SMILES string of the molecule is COc1cccc(OCCCCn2c(CO)nc3ccccc32)c1. The van der Waals surface area contributed by atoms with Crippen LogP contribution in [-0.4, -0.2) is 28.4 Å². The molecule has 0 aliphatic rings. The first-order chi connectivity index (χ1) is 11.8. The molecule has 5 heteroatoms. The van der Waals surface area contributed by atoms with E-state index >= 15 is 0 Å². The van der Waals surface area contributed by atoms with Crippen LogP contribution in [0.1, 0.15) is 18.7 Å². The number of hydrogen-bond donors (Lipinski definition) is 1. The highest BCUT2D eigenvalue weighted by molar-refractivity contribution is 5.75. The molecule has 3 rings (SSSR count). The van der Waals surface area contributed by atoms with Gasteiger partial charge in [-0.3, -0.25) is 0 Å². The number of methoxy groups -OCH3 is 1. The topological polar surface area (TPSA) is 56.5 Å². The van der Waals surface area contributed by atoms with Crippen molar-refractivity contribution >= 4 is 11.0 Å². The fourth-order valence-electron chi connectivity index (χ4n) is 2.75. The number of nitrogens with zero attached hydrogens (tertiary/aromatic N) is 2. The van der Waals surface area contributed by atoms with E-state index < -0.39 is 0 Å². The van der Waals surface area contributed by atoms with Gasteiger partial charge in [-0.2, -0.15) is 0 Å². The molecule has 126 valence electrons. The Labute approximate surface area is 141 Å². The maximum absolute atomic E-state index is 9.50. The number of benzene rings is 2. The molecule has 0 unspecified atom stereocenters. The molecule has 0 saturated heterocycles. The third kappa shape index (κ3) is 3.68. The number of unbranched alkanes of at least 4 members (excludes halogenated alkanes) is 1. The van der Waals surface area contributed by atoms with Gasteiger partial charge in [0, 0.05) is 12.6 Å². The average Bonchev–Trinajstić information content (AvgIpc) is 2.99. The zero-order valence-corrected chi connectivity index (χ0v) is 13.8. The lowest BCUT2D eigenvalue weighted by Crippen LogP contribution is -2.06. The monoisotopic (exact) mass is 326 g/mol. The van der Waals surface area contributed by atoms with Gasteiger partial charge in [0.25, 0.3) is 0 Å². The molecule has 2 aromatic carbocycles. The van der Waals surface area contributed by atoms with Crippen LogP contribution in [0.3, 0.4) is 0 Å². The second kappa shape index (κ2) is 7.84. The van der Waals surface area contributed by atoms with E-state index in [0.717, 1.165) is 41.9 Å². The number of aryl methyl sites for hydroxylation is 1. The first-order valence-electron chi connectivity index (χ1n) is 8.13. The summed E-state index contributed by atoms with van der Waals surface area (Å²) in [4.78, 5) is 4.46. The van der Waals surface area contributed by atoms with Crippen molar-refractivity contribution in [1.29, 1.82) is 0 Å². The lowest BCUT2D eigenvalue weighted by molar-refractivity contribution is 0.263. The van der Waals surface area contributed by atoms with Gasteiger partial charge in [-0.1, -0.05) is 18.2 Å². The maximum atomic E-state index is 9.50. The number of aliphatic hydroxyl groups is 1. The number of imidazole rings is 1. The summed E-state index contributed by atoms with van der Waals surface area (Å²) < 4.78 is 13.0. The van der Waals surface area contributed by atoms with Gasteiger partial charge >= 0.3 is 0 Å². The van der Waals surface area contributed by atoms with Crippen LogP contribution < -0.4 is 9.47 Å². The molecule has 0 aliphatic heterocycles. The molecule has 1 aromatic heterocycles. The van der Waals surface area contributed by atoms with Crippen molar-refractivity contribution in [3.8, 4) is 11.5 Å². The van der Waals surface area contributed by atoms with Gasteiger partial charge in [0.2, 0.25) is 0 Å². The fraction of sp³-hybridized carbons (Fsp3) is 0.316. The number of aliphatic hydroxyl groups excluding tert-OH is 1. The fourth-order valence-corrected chi connectivity index (χ4v) is 2.75. The van der Waals surface area contributed by atoms with Crippen LogP contribution in [0.25, 0.3) is 11.0 Å². The van der Waals surface area contributed by atoms with Gasteiger partial charge in [0.05, 0.1) is 24.8 Å². The van der Waals surface area contributed by atoms with E-state index in [9.17, 15) is 5.11 Å². The predicted molar refractivity (Wildman–Crippen MR) is 93.4 cm³/mol. The second-order valence-electron chi connectivity index (χ2n) is 5.56. The summed E-state index contributed by atoms with van der Waals surface area (Å²) in [7, 11) is 1.65. The van der Waals surface area contributed by atoms with Gasteiger partial charge in [-0.15, -0.1) is 0 Å². The van der Waals surface area contributed by atoms with Crippen molar-refractivity contribution < 1.29 is 14.6 Å². The van der Waals surface area contributed by atoms with E-state index in [-0.39, 0.29) is 6.61 Å². The van der Waals surface area contributed by atoms with Gasteiger partial charge < -0.3 is 19.1 Å². The zero-order valence-electron chi connectivity index (χ0n) is 13.8. The third-order valence-corrected chi connectivity index (χ3v) is 3.96. The average molecular weight is 326 g/mol. The van der Waals surface area contributed by atoms with Crippen molar-refractivity contribution in [3.05, 3.63) is 54.4 Å². The number of aromatic nitrogens is 2. The molecule has 1 N–H and O–H groups in total. The summed E-state index contributed by atoms with van der Waals surface area (Å²) in [5.74, 6) is 2.33. The highest BCUT2D eigenvalue weighted by Gasteiger charge is 2.08. The standard InChI is InChI=1S/C19H22N2O3/c1-23-15-7-6-8-16(13-15)24-12-5-4-11-21-18-10-3-2-9-17(18)20-19(21)14-22/h2-3,6-10,13,22H,4-5,11-12,14H2,1H3. The smallest absolute Gasteiger partial charge is 0.135 e. The minimum Gasteiger partial charge on any atom is -0.497 e. The molecule has 0 saturated carbocycles. The Morgan fingerprint density at radius 2 is 1.88 bits per heavy atom. The van der Waals surface area contributed by atoms with Crippen LogP contribution in [0.4, 0.5) is 0 Å². The zero-order chi connectivity index (χ0) is 16.8. The van der Waals surface area contributed by atoms with E-state index in [1.807, 2.05) is 48.5 Å². The Hall–Kier alpha value is -2.53. The summed E-state index contributed by atoms with van der Waals surface area (Å²) in [5.41, 5.74) is 1.99.